The van der Waals surface area contributed by atoms with E-state index in [1.54, 1.807) is 20.9 Å². The summed E-state index contributed by atoms with van der Waals surface area (Å²) >= 11 is 0. The molecule has 1 aliphatic rings. The van der Waals surface area contributed by atoms with Gasteiger partial charge in [0.1, 0.15) is 0 Å². The molecule has 2 N–H and O–H groups in total. The molecule has 0 atom stereocenters. The van der Waals surface area contributed by atoms with Gasteiger partial charge < -0.3 is 10.4 Å². The largest absolute Gasteiger partial charge is 0.394 e. The number of aliphatic hydroxyl groups excluding tert-OH is 1. The third kappa shape index (κ3) is 2.74. The van der Waals surface area contributed by atoms with E-state index in [9.17, 15) is 13.5 Å². The van der Waals surface area contributed by atoms with Crippen LogP contribution in [0.1, 0.15) is 26.7 Å². The lowest BCUT2D eigenvalue weighted by atomic mass is 10.1. The van der Waals surface area contributed by atoms with Gasteiger partial charge in [-0.05, 0) is 39.8 Å². The van der Waals surface area contributed by atoms with Crippen molar-refractivity contribution >= 4 is 10.0 Å². The summed E-state index contributed by atoms with van der Waals surface area (Å²) in [5, 5.41) is 12.0. The number of rotatable bonds is 4. The number of nitrogens with zero attached hydrogens (tertiary/aromatic N) is 1. The van der Waals surface area contributed by atoms with E-state index in [1.165, 1.54) is 4.31 Å². The molecule has 1 heterocycles. The molecule has 0 radical (unpaired) electrons. The molecule has 1 aliphatic heterocycles. The fraction of sp³-hybridized carbons (Fsp3) is 1.00. The molecule has 6 heteroatoms. The minimum atomic E-state index is -3.30. The zero-order chi connectivity index (χ0) is 12.4. The van der Waals surface area contributed by atoms with Gasteiger partial charge in [0.15, 0.2) is 0 Å². The highest BCUT2D eigenvalue weighted by atomic mass is 32.2. The second kappa shape index (κ2) is 5.00. The predicted molar refractivity (Wildman–Crippen MR) is 63.7 cm³/mol. The summed E-state index contributed by atoms with van der Waals surface area (Å²) in [5.74, 6) is 0. The predicted octanol–water partition coefficient (Wildman–Crippen LogP) is -0.229. The molecule has 0 aromatic heterocycles. The molecule has 0 bridgehead atoms. The molecular formula is C10H22N2O3S. The van der Waals surface area contributed by atoms with Gasteiger partial charge in [-0.25, -0.2) is 8.42 Å². The Morgan fingerprint density at radius 2 is 1.88 bits per heavy atom. The van der Waals surface area contributed by atoms with Crippen LogP contribution < -0.4 is 5.32 Å². The fourth-order valence-electron chi connectivity index (χ4n) is 1.76. The molecule has 1 saturated heterocycles. The van der Waals surface area contributed by atoms with E-state index in [1.807, 2.05) is 0 Å². The first-order valence-corrected chi connectivity index (χ1v) is 7.12. The Hall–Kier alpha value is -0.170. The van der Waals surface area contributed by atoms with Crippen LogP contribution in [0.15, 0.2) is 0 Å². The Morgan fingerprint density at radius 3 is 2.31 bits per heavy atom. The zero-order valence-corrected chi connectivity index (χ0v) is 11.0. The van der Waals surface area contributed by atoms with Gasteiger partial charge >= 0.3 is 0 Å². The highest BCUT2D eigenvalue weighted by Gasteiger charge is 2.38. The minimum absolute atomic E-state index is 0.173. The zero-order valence-electron chi connectivity index (χ0n) is 10.2. The Bertz CT molecular complexity index is 321. The van der Waals surface area contributed by atoms with E-state index in [0.717, 1.165) is 13.1 Å². The van der Waals surface area contributed by atoms with Gasteiger partial charge in [-0.2, -0.15) is 4.31 Å². The van der Waals surface area contributed by atoms with Crippen molar-refractivity contribution in [1.82, 2.24) is 9.62 Å². The number of sulfonamides is 1. The van der Waals surface area contributed by atoms with Crippen LogP contribution in [0.5, 0.6) is 0 Å². The van der Waals surface area contributed by atoms with Crippen molar-refractivity contribution in [2.24, 2.45) is 0 Å². The van der Waals surface area contributed by atoms with Crippen LogP contribution >= 0.6 is 0 Å². The van der Waals surface area contributed by atoms with Gasteiger partial charge in [0.05, 0.1) is 17.4 Å². The topological polar surface area (TPSA) is 69.6 Å². The van der Waals surface area contributed by atoms with Crippen LogP contribution in [0.2, 0.25) is 0 Å². The molecule has 0 unspecified atom stereocenters. The standard InChI is InChI=1S/C10H22N2O3S/c1-10(2,8-13)12(3)16(14,15)9-4-6-11-7-5-9/h9,11,13H,4-8H2,1-3H3. The molecule has 0 saturated carbocycles. The summed E-state index contributed by atoms with van der Waals surface area (Å²) in [7, 11) is -1.75. The second-order valence-electron chi connectivity index (χ2n) is 4.93. The van der Waals surface area contributed by atoms with Crippen LogP contribution in [-0.4, -0.2) is 55.4 Å². The number of hydrogen-bond acceptors (Lipinski definition) is 4. The maximum Gasteiger partial charge on any atom is 0.217 e. The molecule has 1 fully saturated rings. The van der Waals surface area contributed by atoms with Crippen molar-refractivity contribution < 1.29 is 13.5 Å². The monoisotopic (exact) mass is 250 g/mol. The van der Waals surface area contributed by atoms with Crippen molar-refractivity contribution in [2.45, 2.75) is 37.5 Å². The molecule has 0 amide bonds. The lowest BCUT2D eigenvalue weighted by Crippen LogP contribution is -2.52. The molecule has 0 spiro atoms. The molecular weight excluding hydrogens is 228 g/mol. The summed E-state index contributed by atoms with van der Waals surface area (Å²) < 4.78 is 25.9. The van der Waals surface area contributed by atoms with Crippen molar-refractivity contribution in [3.8, 4) is 0 Å². The fourth-order valence-corrected chi connectivity index (χ4v) is 3.79. The van der Waals surface area contributed by atoms with Crippen molar-refractivity contribution in [3.63, 3.8) is 0 Å². The van der Waals surface area contributed by atoms with Gasteiger partial charge in [-0.3, -0.25) is 0 Å². The van der Waals surface area contributed by atoms with E-state index in [0.29, 0.717) is 12.8 Å². The molecule has 0 aromatic rings. The van der Waals surface area contributed by atoms with Gasteiger partial charge in [-0.15, -0.1) is 0 Å². The average molecular weight is 250 g/mol. The number of aliphatic hydroxyl groups is 1. The smallest absolute Gasteiger partial charge is 0.217 e. The summed E-state index contributed by atoms with van der Waals surface area (Å²) in [6.07, 6.45) is 1.29. The van der Waals surface area contributed by atoms with Crippen LogP contribution in [-0.2, 0) is 10.0 Å². The maximum atomic E-state index is 12.3. The first kappa shape index (κ1) is 13.9. The quantitative estimate of drug-likeness (QED) is 0.723. The van der Waals surface area contributed by atoms with E-state index in [-0.39, 0.29) is 11.9 Å². The summed E-state index contributed by atoms with van der Waals surface area (Å²) in [6.45, 7) is 4.78. The SMILES string of the molecule is CN(C(C)(C)CO)S(=O)(=O)C1CCNCC1. The number of hydrogen-bond donors (Lipinski definition) is 2. The molecule has 5 nitrogen and oxygen atoms in total. The van der Waals surface area contributed by atoms with E-state index in [2.05, 4.69) is 5.32 Å². The Morgan fingerprint density at radius 1 is 1.38 bits per heavy atom. The molecule has 1 rings (SSSR count). The van der Waals surface area contributed by atoms with Gasteiger partial charge in [-0.1, -0.05) is 0 Å². The number of piperidine rings is 1. The van der Waals surface area contributed by atoms with E-state index in [4.69, 9.17) is 0 Å². The summed E-state index contributed by atoms with van der Waals surface area (Å²) in [4.78, 5) is 0. The molecule has 0 aliphatic carbocycles. The van der Waals surface area contributed by atoms with Crippen LogP contribution in [0.25, 0.3) is 0 Å². The molecule has 16 heavy (non-hydrogen) atoms. The molecule has 96 valence electrons. The molecule has 0 aromatic carbocycles. The van der Waals surface area contributed by atoms with Gasteiger partial charge in [0, 0.05) is 7.05 Å². The van der Waals surface area contributed by atoms with Crippen molar-refractivity contribution in [2.75, 3.05) is 26.7 Å². The van der Waals surface area contributed by atoms with Gasteiger partial charge in [0.25, 0.3) is 0 Å². The second-order valence-corrected chi connectivity index (χ2v) is 7.18. The normalized spacial score (nSPS) is 20.3. The Kier molecular flexibility index (Phi) is 4.34. The lowest BCUT2D eigenvalue weighted by Gasteiger charge is -2.36. The van der Waals surface area contributed by atoms with Gasteiger partial charge in [0.2, 0.25) is 10.0 Å². The first-order chi connectivity index (χ1) is 7.32. The summed E-state index contributed by atoms with van der Waals surface area (Å²) in [6, 6.07) is 0. The Balaban J connectivity index is 2.84. The van der Waals surface area contributed by atoms with Crippen LogP contribution in [0, 0.1) is 0 Å². The highest BCUT2D eigenvalue weighted by molar-refractivity contribution is 7.89. The van der Waals surface area contributed by atoms with Crippen LogP contribution in [0.4, 0.5) is 0 Å². The summed E-state index contributed by atoms with van der Waals surface area (Å²) in [5.41, 5.74) is -0.732. The number of nitrogens with one attached hydrogen (secondary N) is 1. The lowest BCUT2D eigenvalue weighted by molar-refractivity contribution is 0.136. The highest BCUT2D eigenvalue weighted by Crippen LogP contribution is 2.23. The van der Waals surface area contributed by atoms with E-state index >= 15 is 0 Å². The number of likely N-dealkylation sites (N-methyl/N-ethyl adjacent to an activating group) is 1. The van der Waals surface area contributed by atoms with E-state index < -0.39 is 15.6 Å². The van der Waals surface area contributed by atoms with Crippen LogP contribution in [0.3, 0.4) is 0 Å². The third-order valence-corrected chi connectivity index (χ3v) is 5.90. The Labute approximate surface area is 97.9 Å². The third-order valence-electron chi connectivity index (χ3n) is 3.33. The van der Waals surface area contributed by atoms with Crippen molar-refractivity contribution in [3.05, 3.63) is 0 Å². The average Bonchev–Trinajstić information content (AvgIpc) is 2.29. The maximum absolute atomic E-state index is 12.3. The first-order valence-electron chi connectivity index (χ1n) is 5.62. The minimum Gasteiger partial charge on any atom is -0.394 e. The van der Waals surface area contributed by atoms with Crippen molar-refractivity contribution in [1.29, 1.82) is 0 Å².